The first-order chi connectivity index (χ1) is 9.45. The van der Waals surface area contributed by atoms with Gasteiger partial charge in [-0.15, -0.1) is 0 Å². The van der Waals surface area contributed by atoms with Crippen LogP contribution in [0.2, 0.25) is 5.02 Å². The van der Waals surface area contributed by atoms with Crippen LogP contribution < -0.4 is 5.32 Å². The van der Waals surface area contributed by atoms with E-state index >= 15 is 0 Å². The summed E-state index contributed by atoms with van der Waals surface area (Å²) in [6.07, 6.45) is 0.480. The minimum absolute atomic E-state index is 0.0231. The molecule has 6 heteroatoms. The summed E-state index contributed by atoms with van der Waals surface area (Å²) < 4.78 is 13.0. The number of nitrogens with zero attached hydrogens (tertiary/aromatic N) is 1. The van der Waals surface area contributed by atoms with Gasteiger partial charge >= 0.3 is 0 Å². The highest BCUT2D eigenvalue weighted by atomic mass is 35.5. The van der Waals surface area contributed by atoms with Crippen molar-refractivity contribution in [3.63, 3.8) is 0 Å². The zero-order chi connectivity index (χ0) is 14.7. The summed E-state index contributed by atoms with van der Waals surface area (Å²) in [4.78, 5) is 13.8. The molecule has 1 aliphatic heterocycles. The zero-order valence-electron chi connectivity index (χ0n) is 11.3. The number of piperidine rings is 1. The van der Waals surface area contributed by atoms with Gasteiger partial charge < -0.3 is 10.4 Å². The number of amides is 1. The molecule has 0 aromatic heterocycles. The Labute approximate surface area is 122 Å². The fourth-order valence-corrected chi connectivity index (χ4v) is 2.42. The minimum atomic E-state index is -0.516. The number of aliphatic hydroxyl groups excluding tert-OH is 1. The van der Waals surface area contributed by atoms with Gasteiger partial charge in [0.05, 0.1) is 17.7 Å². The minimum Gasteiger partial charge on any atom is -0.392 e. The second kappa shape index (κ2) is 6.52. The molecule has 2 unspecified atom stereocenters. The number of hydrogen-bond acceptors (Lipinski definition) is 3. The fourth-order valence-electron chi connectivity index (χ4n) is 2.24. The quantitative estimate of drug-likeness (QED) is 0.899. The fraction of sp³-hybridized carbons (Fsp3) is 0.500. The monoisotopic (exact) mass is 300 g/mol. The maximum absolute atomic E-state index is 13.0. The molecule has 0 aliphatic carbocycles. The summed E-state index contributed by atoms with van der Waals surface area (Å²) >= 11 is 5.65. The van der Waals surface area contributed by atoms with Crippen molar-refractivity contribution < 1.29 is 14.3 Å². The Bertz CT molecular complexity index is 498. The van der Waals surface area contributed by atoms with Crippen LogP contribution in [0.5, 0.6) is 0 Å². The van der Waals surface area contributed by atoms with Crippen LogP contribution in [0.3, 0.4) is 0 Å². The molecule has 1 fully saturated rings. The van der Waals surface area contributed by atoms with Gasteiger partial charge in [-0.25, -0.2) is 4.39 Å². The lowest BCUT2D eigenvalue weighted by Gasteiger charge is -2.33. The van der Waals surface area contributed by atoms with Gasteiger partial charge in [0, 0.05) is 12.2 Å². The molecule has 1 aromatic rings. The number of halogens is 2. The third kappa shape index (κ3) is 3.91. The number of carbonyl (C=O) groups excluding carboxylic acids is 1. The molecule has 110 valence electrons. The van der Waals surface area contributed by atoms with E-state index in [4.69, 9.17) is 11.6 Å². The number of hydrogen-bond donors (Lipinski definition) is 2. The highest BCUT2D eigenvalue weighted by molar-refractivity contribution is 6.31. The first-order valence-corrected chi connectivity index (χ1v) is 6.99. The molecule has 1 aliphatic rings. The number of benzene rings is 1. The number of anilines is 1. The summed E-state index contributed by atoms with van der Waals surface area (Å²) in [7, 11) is 0. The maximum Gasteiger partial charge on any atom is 0.238 e. The Hall–Kier alpha value is -1.17. The van der Waals surface area contributed by atoms with E-state index in [1.54, 1.807) is 0 Å². The Kier molecular flexibility index (Phi) is 4.96. The van der Waals surface area contributed by atoms with Gasteiger partial charge in [0.15, 0.2) is 0 Å². The van der Waals surface area contributed by atoms with Crippen LogP contribution in [0.1, 0.15) is 13.3 Å². The van der Waals surface area contributed by atoms with Crippen LogP contribution in [0.25, 0.3) is 0 Å². The van der Waals surface area contributed by atoms with Crippen molar-refractivity contribution in [2.45, 2.75) is 19.4 Å². The molecule has 2 rings (SSSR count). The second-order valence-corrected chi connectivity index (χ2v) is 5.65. The SMILES string of the molecule is CC1CCN(CC(=O)Nc2ccc(F)c(Cl)c2)CC1O. The van der Waals surface area contributed by atoms with Crippen LogP contribution in [0.15, 0.2) is 18.2 Å². The van der Waals surface area contributed by atoms with Crippen molar-refractivity contribution in [3.05, 3.63) is 29.0 Å². The van der Waals surface area contributed by atoms with Crippen LogP contribution in [-0.4, -0.2) is 41.7 Å². The predicted octanol–water partition coefficient (Wildman–Crippen LogP) is 2.12. The first kappa shape index (κ1) is 15.2. The summed E-state index contributed by atoms with van der Waals surface area (Å²) in [5.74, 6) is -0.447. The third-order valence-corrected chi connectivity index (χ3v) is 3.86. The van der Waals surface area contributed by atoms with Gasteiger partial charge in [-0.05, 0) is 37.1 Å². The van der Waals surface area contributed by atoms with E-state index < -0.39 is 11.9 Å². The van der Waals surface area contributed by atoms with E-state index in [9.17, 15) is 14.3 Å². The number of β-amino-alcohol motifs (C(OH)–C–C–N with tert-alkyl or cyclic N) is 1. The van der Waals surface area contributed by atoms with E-state index in [2.05, 4.69) is 5.32 Å². The summed E-state index contributed by atoms with van der Waals surface area (Å²) in [5.41, 5.74) is 0.465. The highest BCUT2D eigenvalue weighted by Crippen LogP contribution is 2.20. The molecular formula is C14H18ClFN2O2. The number of rotatable bonds is 3. The lowest BCUT2D eigenvalue weighted by molar-refractivity contribution is -0.118. The van der Waals surface area contributed by atoms with Crippen LogP contribution >= 0.6 is 11.6 Å². The smallest absolute Gasteiger partial charge is 0.238 e. The molecule has 0 radical (unpaired) electrons. The summed E-state index contributed by atoms with van der Waals surface area (Å²) in [6.45, 7) is 3.50. The third-order valence-electron chi connectivity index (χ3n) is 3.57. The number of aliphatic hydroxyl groups is 1. The molecule has 2 N–H and O–H groups in total. The lowest BCUT2D eigenvalue weighted by atomic mass is 9.96. The summed E-state index contributed by atoms with van der Waals surface area (Å²) in [5, 5.41) is 12.4. The van der Waals surface area contributed by atoms with E-state index in [0.29, 0.717) is 12.2 Å². The average Bonchev–Trinajstić information content (AvgIpc) is 2.38. The molecule has 1 heterocycles. The average molecular weight is 301 g/mol. The first-order valence-electron chi connectivity index (χ1n) is 6.61. The second-order valence-electron chi connectivity index (χ2n) is 5.25. The van der Waals surface area contributed by atoms with Gasteiger partial charge in [-0.2, -0.15) is 0 Å². The standard InChI is InChI=1S/C14H18ClFN2O2/c1-9-4-5-18(7-13(9)19)8-14(20)17-10-2-3-12(16)11(15)6-10/h2-3,6,9,13,19H,4-5,7-8H2,1H3,(H,17,20). The summed E-state index contributed by atoms with van der Waals surface area (Å²) in [6, 6.07) is 4.05. The highest BCUT2D eigenvalue weighted by Gasteiger charge is 2.25. The van der Waals surface area contributed by atoms with Gasteiger partial charge in [0.25, 0.3) is 0 Å². The molecule has 1 amide bonds. The van der Waals surface area contributed by atoms with E-state index in [1.165, 1.54) is 18.2 Å². The van der Waals surface area contributed by atoms with Gasteiger partial charge in [-0.1, -0.05) is 18.5 Å². The molecule has 0 bridgehead atoms. The number of carbonyl (C=O) groups is 1. The normalized spacial score (nSPS) is 23.6. The molecule has 4 nitrogen and oxygen atoms in total. The molecule has 0 spiro atoms. The number of likely N-dealkylation sites (tertiary alicyclic amines) is 1. The zero-order valence-corrected chi connectivity index (χ0v) is 12.0. The lowest BCUT2D eigenvalue weighted by Crippen LogP contribution is -2.45. The Balaban J connectivity index is 1.87. The van der Waals surface area contributed by atoms with E-state index in [1.807, 2.05) is 11.8 Å². The Morgan fingerprint density at radius 2 is 2.35 bits per heavy atom. The van der Waals surface area contributed by atoms with Crippen molar-refractivity contribution in [3.8, 4) is 0 Å². The van der Waals surface area contributed by atoms with E-state index in [0.717, 1.165) is 13.0 Å². The Morgan fingerprint density at radius 3 is 3.00 bits per heavy atom. The van der Waals surface area contributed by atoms with Crippen molar-refractivity contribution in [2.24, 2.45) is 5.92 Å². The van der Waals surface area contributed by atoms with Crippen LogP contribution in [-0.2, 0) is 4.79 Å². The van der Waals surface area contributed by atoms with Crippen LogP contribution in [0, 0.1) is 11.7 Å². The molecule has 2 atom stereocenters. The van der Waals surface area contributed by atoms with Crippen molar-refractivity contribution >= 4 is 23.2 Å². The van der Waals surface area contributed by atoms with Gasteiger partial charge in [0.2, 0.25) is 5.91 Å². The van der Waals surface area contributed by atoms with Crippen molar-refractivity contribution in [2.75, 3.05) is 25.0 Å². The maximum atomic E-state index is 13.0. The topological polar surface area (TPSA) is 52.6 Å². The number of nitrogens with one attached hydrogen (secondary N) is 1. The van der Waals surface area contributed by atoms with Crippen molar-refractivity contribution in [1.29, 1.82) is 0 Å². The molecule has 20 heavy (non-hydrogen) atoms. The largest absolute Gasteiger partial charge is 0.392 e. The molecular weight excluding hydrogens is 283 g/mol. The van der Waals surface area contributed by atoms with Crippen molar-refractivity contribution in [1.82, 2.24) is 4.90 Å². The van der Waals surface area contributed by atoms with Gasteiger partial charge in [0.1, 0.15) is 5.82 Å². The molecule has 1 saturated heterocycles. The molecule has 1 aromatic carbocycles. The van der Waals surface area contributed by atoms with Gasteiger partial charge in [-0.3, -0.25) is 9.69 Å². The predicted molar refractivity (Wildman–Crippen MR) is 76.3 cm³/mol. The van der Waals surface area contributed by atoms with Crippen LogP contribution in [0.4, 0.5) is 10.1 Å². The van der Waals surface area contributed by atoms with E-state index in [-0.39, 0.29) is 23.4 Å². The molecule has 0 saturated carbocycles. The Morgan fingerprint density at radius 1 is 1.60 bits per heavy atom.